The van der Waals surface area contributed by atoms with E-state index in [9.17, 15) is 4.79 Å². The molecule has 3 N–H and O–H groups in total. The average molecular weight is 430 g/mol. The number of carbonyl (C=O) groups is 1. The average Bonchev–Trinajstić information content (AvgIpc) is 2.65. The van der Waals surface area contributed by atoms with Crippen LogP contribution in [0.2, 0.25) is 10.0 Å². The Morgan fingerprint density at radius 2 is 1.78 bits per heavy atom. The number of halogens is 2. The number of anilines is 1. The number of hydrogen-bond acceptors (Lipinski definition) is 5. The smallest absolute Gasteiger partial charge is 0.276 e. The number of nitrogens with one attached hydrogen (secondary N) is 3. The summed E-state index contributed by atoms with van der Waals surface area (Å²) in [5.74, 6) is 1.08. The molecule has 2 aromatic rings. The molecule has 0 heterocycles. The first-order valence-electron chi connectivity index (χ1n) is 7.58. The Balaban J connectivity index is 1.83. The van der Waals surface area contributed by atoms with Gasteiger partial charge >= 0.3 is 0 Å². The highest BCUT2D eigenvalue weighted by atomic mass is 35.5. The van der Waals surface area contributed by atoms with Crippen LogP contribution in [0.15, 0.2) is 36.4 Å². The number of thiocarbonyl (C=S) groups is 1. The molecule has 0 bridgehead atoms. The first-order chi connectivity index (χ1) is 12.9. The van der Waals surface area contributed by atoms with Crippen LogP contribution in [0.5, 0.6) is 17.2 Å². The van der Waals surface area contributed by atoms with Crippen LogP contribution in [0, 0.1) is 0 Å². The molecule has 144 valence electrons. The van der Waals surface area contributed by atoms with Crippen molar-refractivity contribution in [3.05, 3.63) is 46.4 Å². The van der Waals surface area contributed by atoms with Crippen LogP contribution in [0.25, 0.3) is 0 Å². The Morgan fingerprint density at radius 3 is 2.44 bits per heavy atom. The fraction of sp³-hybridized carbons (Fsp3) is 0.176. The van der Waals surface area contributed by atoms with E-state index < -0.39 is 5.91 Å². The van der Waals surface area contributed by atoms with Gasteiger partial charge in [-0.25, -0.2) is 0 Å². The van der Waals surface area contributed by atoms with Crippen molar-refractivity contribution in [2.45, 2.75) is 0 Å². The topological polar surface area (TPSA) is 80.9 Å². The molecule has 2 aromatic carbocycles. The molecule has 0 aliphatic carbocycles. The third-order valence-corrected chi connectivity index (χ3v) is 3.96. The molecule has 0 aliphatic rings. The van der Waals surface area contributed by atoms with Crippen molar-refractivity contribution < 1.29 is 19.0 Å². The summed E-state index contributed by atoms with van der Waals surface area (Å²) in [6, 6.07) is 9.90. The summed E-state index contributed by atoms with van der Waals surface area (Å²) in [7, 11) is 3.08. The number of hydrogen-bond donors (Lipinski definition) is 3. The normalized spacial score (nSPS) is 9.93. The summed E-state index contributed by atoms with van der Waals surface area (Å²) in [5, 5.41) is 3.84. The van der Waals surface area contributed by atoms with Crippen LogP contribution >= 0.6 is 35.4 Å². The molecular formula is C17H17Cl2N3O4S. The fourth-order valence-electron chi connectivity index (χ4n) is 1.96. The van der Waals surface area contributed by atoms with Crippen molar-refractivity contribution in [3.8, 4) is 17.2 Å². The summed E-state index contributed by atoms with van der Waals surface area (Å²) in [4.78, 5) is 11.9. The van der Waals surface area contributed by atoms with Crippen LogP contribution in [0.1, 0.15) is 0 Å². The minimum Gasteiger partial charge on any atom is -0.497 e. The number of methoxy groups -OCH3 is 2. The van der Waals surface area contributed by atoms with Gasteiger partial charge in [-0.1, -0.05) is 23.2 Å². The van der Waals surface area contributed by atoms with Crippen LogP contribution in [0.4, 0.5) is 5.69 Å². The Labute approximate surface area is 171 Å². The van der Waals surface area contributed by atoms with Gasteiger partial charge in [-0.05, 0) is 42.5 Å². The number of ether oxygens (including phenoxy) is 3. The van der Waals surface area contributed by atoms with Gasteiger partial charge in [0, 0.05) is 11.1 Å². The standard InChI is InChI=1S/C17H17Cl2N3O4S/c1-24-11-4-6-15(25-2)13(8-11)20-17(27)22-21-16(23)9-26-14-5-3-10(18)7-12(14)19/h3-8H,9H2,1-2H3,(H,21,23)(H2,20,22,27). The number of hydrazine groups is 1. The number of amides is 1. The molecule has 0 saturated carbocycles. The van der Waals surface area contributed by atoms with Gasteiger partial charge in [0.15, 0.2) is 11.7 Å². The molecule has 0 aliphatic heterocycles. The largest absolute Gasteiger partial charge is 0.497 e. The van der Waals surface area contributed by atoms with Gasteiger partial charge in [0.1, 0.15) is 17.2 Å². The number of rotatable bonds is 6. The summed E-state index contributed by atoms with van der Waals surface area (Å²) in [6.45, 7) is -0.264. The van der Waals surface area contributed by atoms with Crippen molar-refractivity contribution in [1.29, 1.82) is 0 Å². The highest BCUT2D eigenvalue weighted by molar-refractivity contribution is 7.80. The van der Waals surface area contributed by atoms with E-state index in [0.717, 1.165) is 0 Å². The fourth-order valence-corrected chi connectivity index (χ4v) is 2.59. The molecule has 7 nitrogen and oxygen atoms in total. The maximum Gasteiger partial charge on any atom is 0.276 e. The SMILES string of the molecule is COc1ccc(OC)c(NC(=S)NNC(=O)COc2ccc(Cl)cc2Cl)c1. The van der Waals surface area contributed by atoms with E-state index >= 15 is 0 Å². The molecular weight excluding hydrogens is 413 g/mol. The third-order valence-electron chi connectivity index (χ3n) is 3.22. The minimum atomic E-state index is -0.456. The Hall–Kier alpha value is -2.42. The highest BCUT2D eigenvalue weighted by Gasteiger charge is 2.09. The van der Waals surface area contributed by atoms with E-state index in [1.54, 1.807) is 37.4 Å². The van der Waals surface area contributed by atoms with Gasteiger partial charge in [-0.2, -0.15) is 0 Å². The van der Waals surface area contributed by atoms with Crippen molar-refractivity contribution in [2.24, 2.45) is 0 Å². The van der Waals surface area contributed by atoms with E-state index in [0.29, 0.717) is 33.0 Å². The van der Waals surface area contributed by atoms with Gasteiger partial charge in [0.05, 0.1) is 24.9 Å². The lowest BCUT2D eigenvalue weighted by atomic mass is 10.2. The molecule has 2 rings (SSSR count). The quantitative estimate of drug-likeness (QED) is 0.479. The van der Waals surface area contributed by atoms with Gasteiger partial charge in [-0.3, -0.25) is 15.6 Å². The second-order valence-electron chi connectivity index (χ2n) is 5.06. The molecule has 27 heavy (non-hydrogen) atoms. The van der Waals surface area contributed by atoms with Gasteiger partial charge < -0.3 is 19.5 Å². The van der Waals surface area contributed by atoms with Gasteiger partial charge in [0.2, 0.25) is 0 Å². The van der Waals surface area contributed by atoms with Gasteiger partial charge in [0.25, 0.3) is 5.91 Å². The van der Waals surface area contributed by atoms with Crippen LogP contribution < -0.4 is 30.4 Å². The van der Waals surface area contributed by atoms with Crippen LogP contribution in [-0.2, 0) is 4.79 Å². The maximum absolute atomic E-state index is 11.9. The lowest BCUT2D eigenvalue weighted by Crippen LogP contribution is -2.45. The third kappa shape index (κ3) is 6.35. The maximum atomic E-state index is 11.9. The molecule has 10 heteroatoms. The molecule has 0 unspecified atom stereocenters. The summed E-state index contributed by atoms with van der Waals surface area (Å²) in [6.07, 6.45) is 0. The molecule has 0 saturated heterocycles. The van der Waals surface area contributed by atoms with E-state index in [1.165, 1.54) is 13.2 Å². The number of benzene rings is 2. The molecule has 0 atom stereocenters. The zero-order chi connectivity index (χ0) is 19.8. The van der Waals surface area contributed by atoms with Crippen molar-refractivity contribution in [2.75, 3.05) is 26.1 Å². The first-order valence-corrected chi connectivity index (χ1v) is 8.75. The summed E-state index contributed by atoms with van der Waals surface area (Å²) >= 11 is 16.9. The molecule has 0 radical (unpaired) electrons. The predicted octanol–water partition coefficient (Wildman–Crippen LogP) is 3.41. The van der Waals surface area contributed by atoms with Gasteiger partial charge in [-0.15, -0.1) is 0 Å². The van der Waals surface area contributed by atoms with E-state index in [2.05, 4.69) is 16.2 Å². The zero-order valence-electron chi connectivity index (χ0n) is 14.5. The lowest BCUT2D eigenvalue weighted by molar-refractivity contribution is -0.123. The Morgan fingerprint density at radius 1 is 1.04 bits per heavy atom. The van der Waals surface area contributed by atoms with E-state index in [4.69, 9.17) is 49.6 Å². The molecule has 1 amide bonds. The molecule has 0 fully saturated rings. The highest BCUT2D eigenvalue weighted by Crippen LogP contribution is 2.29. The predicted molar refractivity (Wildman–Crippen MR) is 109 cm³/mol. The molecule has 0 aromatic heterocycles. The second-order valence-corrected chi connectivity index (χ2v) is 6.31. The summed E-state index contributed by atoms with van der Waals surface area (Å²) in [5.41, 5.74) is 5.56. The zero-order valence-corrected chi connectivity index (χ0v) is 16.8. The van der Waals surface area contributed by atoms with Crippen LogP contribution in [0.3, 0.4) is 0 Å². The van der Waals surface area contributed by atoms with E-state index in [-0.39, 0.29) is 11.7 Å². The Bertz CT molecular complexity index is 836. The number of carbonyl (C=O) groups excluding carboxylic acids is 1. The van der Waals surface area contributed by atoms with Crippen molar-refractivity contribution >= 4 is 52.1 Å². The molecule has 0 spiro atoms. The van der Waals surface area contributed by atoms with Crippen molar-refractivity contribution in [3.63, 3.8) is 0 Å². The summed E-state index contributed by atoms with van der Waals surface area (Å²) < 4.78 is 15.7. The van der Waals surface area contributed by atoms with E-state index in [1.807, 2.05) is 0 Å². The van der Waals surface area contributed by atoms with Crippen LogP contribution in [-0.4, -0.2) is 31.8 Å². The Kier molecular flexibility index (Phi) is 7.78. The lowest BCUT2D eigenvalue weighted by Gasteiger charge is -2.15. The van der Waals surface area contributed by atoms with Crippen molar-refractivity contribution in [1.82, 2.24) is 10.9 Å². The first kappa shape index (κ1) is 20.9. The second kappa shape index (κ2) is 10.1. The monoisotopic (exact) mass is 429 g/mol. The minimum absolute atomic E-state index is 0.152.